The molecule has 1 aliphatic carbocycles. The van der Waals surface area contributed by atoms with Gasteiger partial charge in [-0.15, -0.1) is 11.3 Å². The van der Waals surface area contributed by atoms with E-state index in [0.29, 0.717) is 5.56 Å². The van der Waals surface area contributed by atoms with Crippen LogP contribution >= 0.6 is 27.3 Å². The number of thiazole rings is 1. The second-order valence-electron chi connectivity index (χ2n) is 5.98. The van der Waals surface area contributed by atoms with Crippen molar-refractivity contribution >= 4 is 33.2 Å². The molecule has 1 heterocycles. The van der Waals surface area contributed by atoms with E-state index in [-0.39, 0.29) is 5.91 Å². The van der Waals surface area contributed by atoms with Crippen molar-refractivity contribution in [3.8, 4) is 0 Å². The van der Waals surface area contributed by atoms with Gasteiger partial charge in [-0.25, -0.2) is 0 Å². The van der Waals surface area contributed by atoms with Gasteiger partial charge < -0.3 is 4.57 Å². The maximum atomic E-state index is 12.5. The van der Waals surface area contributed by atoms with Crippen molar-refractivity contribution in [1.82, 2.24) is 4.57 Å². The van der Waals surface area contributed by atoms with Crippen LogP contribution in [0, 0.1) is 26.7 Å². The largest absolute Gasteiger partial charge is 0.320 e. The molecule has 1 aromatic carbocycles. The van der Waals surface area contributed by atoms with Gasteiger partial charge in [-0.3, -0.25) is 4.79 Å². The van der Waals surface area contributed by atoms with Crippen molar-refractivity contribution in [2.24, 2.45) is 10.9 Å². The monoisotopic (exact) mass is 378 g/mol. The minimum absolute atomic E-state index is 0.183. The summed E-state index contributed by atoms with van der Waals surface area (Å²) in [7, 11) is 0. The summed E-state index contributed by atoms with van der Waals surface area (Å²) in [4.78, 5) is 19.0. The lowest BCUT2D eigenvalue weighted by Crippen LogP contribution is -2.19. The molecule has 0 atom stereocenters. The molecule has 0 N–H and O–H groups in total. The van der Waals surface area contributed by atoms with E-state index < -0.39 is 0 Å². The first-order valence-corrected chi connectivity index (χ1v) is 9.08. The first-order valence-electron chi connectivity index (χ1n) is 7.47. The summed E-state index contributed by atoms with van der Waals surface area (Å²) < 4.78 is 3.01. The van der Waals surface area contributed by atoms with Crippen molar-refractivity contribution in [2.75, 3.05) is 0 Å². The second-order valence-corrected chi connectivity index (χ2v) is 8.02. The number of benzene rings is 1. The zero-order chi connectivity index (χ0) is 15.9. The van der Waals surface area contributed by atoms with Gasteiger partial charge in [0.15, 0.2) is 4.80 Å². The Bertz CT molecular complexity index is 799. The van der Waals surface area contributed by atoms with Crippen molar-refractivity contribution in [3.63, 3.8) is 0 Å². The van der Waals surface area contributed by atoms with Crippen LogP contribution in [-0.2, 0) is 6.54 Å². The Morgan fingerprint density at radius 1 is 1.36 bits per heavy atom. The van der Waals surface area contributed by atoms with Crippen molar-refractivity contribution in [3.05, 3.63) is 49.2 Å². The summed E-state index contributed by atoms with van der Waals surface area (Å²) in [6.07, 6.45) is 2.58. The summed E-state index contributed by atoms with van der Waals surface area (Å²) in [5.41, 5.74) is 2.97. The Balaban J connectivity index is 2.00. The summed E-state index contributed by atoms with van der Waals surface area (Å²) in [5, 5.41) is 0. The van der Waals surface area contributed by atoms with Crippen LogP contribution in [0.4, 0.5) is 0 Å². The summed E-state index contributed by atoms with van der Waals surface area (Å²) in [5.74, 6) is 0.575. The van der Waals surface area contributed by atoms with Gasteiger partial charge in [0, 0.05) is 21.6 Å². The third-order valence-corrected chi connectivity index (χ3v) is 5.83. The number of aryl methyl sites for hydroxylation is 2. The van der Waals surface area contributed by atoms with Crippen LogP contribution in [0.25, 0.3) is 0 Å². The fourth-order valence-electron chi connectivity index (χ4n) is 2.40. The van der Waals surface area contributed by atoms with E-state index in [0.717, 1.165) is 27.3 Å². The van der Waals surface area contributed by atoms with Gasteiger partial charge in [0.05, 0.1) is 5.56 Å². The molecule has 0 aliphatic heterocycles. The van der Waals surface area contributed by atoms with Gasteiger partial charge in [0.1, 0.15) is 0 Å². The summed E-state index contributed by atoms with van der Waals surface area (Å²) in [6.45, 7) is 7.19. The molecule has 1 fully saturated rings. The van der Waals surface area contributed by atoms with Crippen LogP contribution in [0.5, 0.6) is 0 Å². The fourth-order valence-corrected chi connectivity index (χ4v) is 4.04. The number of rotatable bonds is 3. The van der Waals surface area contributed by atoms with E-state index >= 15 is 0 Å². The number of hydrogen-bond donors (Lipinski definition) is 0. The summed E-state index contributed by atoms with van der Waals surface area (Å²) >= 11 is 5.07. The second kappa shape index (κ2) is 6.13. The number of halogens is 1. The van der Waals surface area contributed by atoms with Gasteiger partial charge in [-0.1, -0.05) is 6.07 Å². The Hall–Kier alpha value is -1.20. The normalized spacial score (nSPS) is 15.4. The molecule has 1 saturated carbocycles. The molecule has 1 amide bonds. The molecule has 2 aromatic rings. The predicted molar refractivity (Wildman–Crippen MR) is 93.3 cm³/mol. The molecule has 3 nitrogen and oxygen atoms in total. The lowest BCUT2D eigenvalue weighted by atomic mass is 10.1. The molecule has 0 spiro atoms. The van der Waals surface area contributed by atoms with E-state index in [2.05, 4.69) is 39.3 Å². The minimum atomic E-state index is -0.183. The average Bonchev–Trinajstić information content (AvgIpc) is 3.22. The van der Waals surface area contributed by atoms with Crippen LogP contribution in [-0.4, -0.2) is 10.5 Å². The number of amides is 1. The molecule has 22 heavy (non-hydrogen) atoms. The number of carbonyl (C=O) groups excluding carboxylic acids is 1. The lowest BCUT2D eigenvalue weighted by Gasteiger charge is -2.05. The number of aromatic nitrogens is 1. The Labute approximate surface area is 142 Å². The van der Waals surface area contributed by atoms with Crippen LogP contribution < -0.4 is 4.80 Å². The highest BCUT2D eigenvalue weighted by molar-refractivity contribution is 9.10. The molecular weight excluding hydrogens is 360 g/mol. The molecule has 5 heteroatoms. The van der Waals surface area contributed by atoms with Gasteiger partial charge in [0.2, 0.25) is 0 Å². The zero-order valence-corrected chi connectivity index (χ0v) is 15.4. The van der Waals surface area contributed by atoms with E-state index in [1.54, 1.807) is 11.3 Å². The number of hydrogen-bond acceptors (Lipinski definition) is 2. The number of nitrogens with zero attached hydrogens (tertiary/aromatic N) is 2. The Morgan fingerprint density at radius 2 is 2.09 bits per heavy atom. The molecule has 0 saturated heterocycles. The first kappa shape index (κ1) is 15.7. The number of carbonyl (C=O) groups is 1. The lowest BCUT2D eigenvalue weighted by molar-refractivity contribution is 0.0997. The van der Waals surface area contributed by atoms with Crippen molar-refractivity contribution in [1.29, 1.82) is 0 Å². The van der Waals surface area contributed by atoms with Gasteiger partial charge in [0.25, 0.3) is 5.91 Å². The van der Waals surface area contributed by atoms with Gasteiger partial charge >= 0.3 is 0 Å². The van der Waals surface area contributed by atoms with Gasteiger partial charge in [-0.05, 0) is 73.2 Å². The van der Waals surface area contributed by atoms with E-state index in [4.69, 9.17) is 0 Å². The van der Waals surface area contributed by atoms with E-state index in [1.165, 1.54) is 23.4 Å². The zero-order valence-electron chi connectivity index (χ0n) is 13.0. The first-order chi connectivity index (χ1) is 10.5. The molecule has 3 rings (SSSR count). The summed E-state index contributed by atoms with van der Waals surface area (Å²) in [6, 6.07) is 5.73. The van der Waals surface area contributed by atoms with Crippen LogP contribution in [0.15, 0.2) is 27.7 Å². The molecule has 0 unspecified atom stereocenters. The third kappa shape index (κ3) is 3.25. The fraction of sp³-hybridized carbons (Fsp3) is 0.412. The van der Waals surface area contributed by atoms with E-state index in [9.17, 15) is 4.79 Å². The highest BCUT2D eigenvalue weighted by Gasteiger charge is 2.23. The van der Waals surface area contributed by atoms with Crippen molar-refractivity contribution < 1.29 is 4.79 Å². The molecule has 0 radical (unpaired) electrons. The standard InChI is InChI=1S/C17H19BrN2OS/c1-10-4-7-14(15(18)8-10)16(21)19-17-20(9-13-5-6-13)11(2)12(3)22-17/h4,7-8,13H,5-6,9H2,1-3H3/b19-17-. The third-order valence-electron chi connectivity index (χ3n) is 4.08. The molecule has 116 valence electrons. The molecule has 1 aromatic heterocycles. The Kier molecular flexibility index (Phi) is 4.37. The van der Waals surface area contributed by atoms with Gasteiger partial charge in [-0.2, -0.15) is 4.99 Å². The maximum Gasteiger partial charge on any atom is 0.280 e. The van der Waals surface area contributed by atoms with Crippen LogP contribution in [0.3, 0.4) is 0 Å². The SMILES string of the molecule is Cc1ccc(C(=O)/N=c2\sc(C)c(C)n2CC2CC2)c(Br)c1. The molecule has 0 bridgehead atoms. The Morgan fingerprint density at radius 3 is 2.73 bits per heavy atom. The highest BCUT2D eigenvalue weighted by atomic mass is 79.9. The average molecular weight is 379 g/mol. The van der Waals surface area contributed by atoms with Crippen LogP contribution in [0.1, 0.15) is 39.3 Å². The maximum absolute atomic E-state index is 12.5. The van der Waals surface area contributed by atoms with Crippen LogP contribution in [0.2, 0.25) is 0 Å². The van der Waals surface area contributed by atoms with E-state index in [1.807, 2.05) is 25.1 Å². The minimum Gasteiger partial charge on any atom is -0.320 e. The highest BCUT2D eigenvalue weighted by Crippen LogP contribution is 2.31. The quantitative estimate of drug-likeness (QED) is 0.779. The molecule has 1 aliphatic rings. The topological polar surface area (TPSA) is 34.4 Å². The smallest absolute Gasteiger partial charge is 0.280 e. The molecular formula is C17H19BrN2OS. The predicted octanol–water partition coefficient (Wildman–Crippen LogP) is 4.39. The van der Waals surface area contributed by atoms with Crippen molar-refractivity contribution in [2.45, 2.75) is 40.2 Å².